The summed E-state index contributed by atoms with van der Waals surface area (Å²) in [4.78, 5) is 7.33. The molecule has 2 N–H and O–H groups in total. The summed E-state index contributed by atoms with van der Waals surface area (Å²) >= 11 is 0. The molecule has 0 aromatic heterocycles. The Morgan fingerprint density at radius 3 is 2.40 bits per heavy atom. The highest BCUT2D eigenvalue weighted by atomic mass is 15.3. The summed E-state index contributed by atoms with van der Waals surface area (Å²) < 4.78 is 0. The van der Waals surface area contributed by atoms with Crippen molar-refractivity contribution < 1.29 is 0 Å². The van der Waals surface area contributed by atoms with Gasteiger partial charge in [0, 0.05) is 18.0 Å². The number of aliphatic imine (C=N–C) groups is 1. The van der Waals surface area contributed by atoms with Crippen molar-refractivity contribution in [1.82, 2.24) is 4.90 Å². The molecule has 3 nitrogen and oxygen atoms in total. The molecule has 3 heteroatoms. The lowest BCUT2D eigenvalue weighted by atomic mass is 9.86. The summed E-state index contributed by atoms with van der Waals surface area (Å²) in [7, 11) is 0. The molecule has 2 aromatic carbocycles. The maximum absolute atomic E-state index is 6.45. The van der Waals surface area contributed by atoms with Crippen LogP contribution in [-0.2, 0) is 6.42 Å². The molecule has 0 amide bonds. The fourth-order valence-electron chi connectivity index (χ4n) is 4.61. The van der Waals surface area contributed by atoms with Crippen LogP contribution < -0.4 is 5.73 Å². The fraction of sp³-hybridized carbons (Fsp3) is 0.409. The van der Waals surface area contributed by atoms with Gasteiger partial charge >= 0.3 is 0 Å². The van der Waals surface area contributed by atoms with Gasteiger partial charge in [-0.2, -0.15) is 0 Å². The second kappa shape index (κ2) is 6.91. The van der Waals surface area contributed by atoms with Crippen LogP contribution in [0.4, 0.5) is 0 Å². The zero-order valence-electron chi connectivity index (χ0n) is 14.9. The van der Waals surface area contributed by atoms with Gasteiger partial charge in [-0.05, 0) is 36.8 Å². The van der Waals surface area contributed by atoms with Crippen molar-refractivity contribution in [1.29, 1.82) is 0 Å². The molecular formula is C22H27N3. The summed E-state index contributed by atoms with van der Waals surface area (Å²) in [6.07, 6.45) is 4.71. The first kappa shape index (κ1) is 16.2. The van der Waals surface area contributed by atoms with Gasteiger partial charge in [-0.15, -0.1) is 0 Å². The van der Waals surface area contributed by atoms with Gasteiger partial charge in [0.25, 0.3) is 0 Å². The summed E-state index contributed by atoms with van der Waals surface area (Å²) in [6.45, 7) is 2.34. The van der Waals surface area contributed by atoms with Crippen molar-refractivity contribution in [3.05, 3.63) is 71.8 Å². The number of nitrogens with two attached hydrogens (primary N) is 1. The van der Waals surface area contributed by atoms with E-state index in [1.807, 2.05) is 0 Å². The smallest absolute Gasteiger partial charge is 0.192 e. The molecule has 1 fully saturated rings. The zero-order chi connectivity index (χ0) is 17.2. The van der Waals surface area contributed by atoms with Crippen LogP contribution in [0.15, 0.2) is 65.7 Å². The number of hydrogen-bond acceptors (Lipinski definition) is 3. The van der Waals surface area contributed by atoms with Crippen LogP contribution in [-0.4, -0.2) is 22.9 Å². The molecule has 2 aromatic rings. The Hall–Kier alpha value is -2.29. The highest BCUT2D eigenvalue weighted by Gasteiger charge is 2.43. The van der Waals surface area contributed by atoms with E-state index in [4.69, 9.17) is 10.7 Å². The Morgan fingerprint density at radius 2 is 1.68 bits per heavy atom. The lowest BCUT2D eigenvalue weighted by Gasteiger charge is -2.41. The van der Waals surface area contributed by atoms with Gasteiger partial charge in [-0.3, -0.25) is 0 Å². The average molecular weight is 333 g/mol. The highest BCUT2D eigenvalue weighted by Crippen LogP contribution is 2.41. The third kappa shape index (κ3) is 3.15. The molecule has 25 heavy (non-hydrogen) atoms. The molecule has 0 saturated carbocycles. The topological polar surface area (TPSA) is 41.6 Å². The SMILES string of the molecule is C[C@@H]1[C@@H](c2ccccc2)N=C(N)N2[C@@H](CCc3ccccc3)CC[C@H]12. The first-order chi connectivity index (χ1) is 12.2. The maximum atomic E-state index is 6.45. The molecule has 0 aliphatic carbocycles. The van der Waals surface area contributed by atoms with E-state index in [1.165, 1.54) is 24.0 Å². The van der Waals surface area contributed by atoms with E-state index >= 15 is 0 Å². The Balaban J connectivity index is 1.51. The largest absolute Gasteiger partial charge is 0.370 e. The predicted octanol–water partition coefficient (Wildman–Crippen LogP) is 4.16. The minimum absolute atomic E-state index is 0.190. The quantitative estimate of drug-likeness (QED) is 0.913. The Kier molecular flexibility index (Phi) is 4.48. The van der Waals surface area contributed by atoms with E-state index in [0.717, 1.165) is 18.8 Å². The van der Waals surface area contributed by atoms with Gasteiger partial charge in [0.2, 0.25) is 0 Å². The number of rotatable bonds is 4. The van der Waals surface area contributed by atoms with Crippen LogP contribution in [0.3, 0.4) is 0 Å². The van der Waals surface area contributed by atoms with Crippen LogP contribution >= 0.6 is 0 Å². The minimum Gasteiger partial charge on any atom is -0.370 e. The molecule has 130 valence electrons. The molecule has 2 aliphatic rings. The highest BCUT2D eigenvalue weighted by molar-refractivity contribution is 5.80. The first-order valence-electron chi connectivity index (χ1n) is 9.44. The normalized spacial score (nSPS) is 28.5. The van der Waals surface area contributed by atoms with E-state index in [2.05, 4.69) is 72.5 Å². The van der Waals surface area contributed by atoms with E-state index in [1.54, 1.807) is 0 Å². The van der Waals surface area contributed by atoms with Crippen LogP contribution in [0.2, 0.25) is 0 Å². The molecule has 0 unspecified atom stereocenters. The Bertz CT molecular complexity index is 725. The van der Waals surface area contributed by atoms with Gasteiger partial charge in [0.1, 0.15) is 0 Å². The number of hydrogen-bond donors (Lipinski definition) is 1. The number of nitrogens with zero attached hydrogens (tertiary/aromatic N) is 2. The second-order valence-electron chi connectivity index (χ2n) is 7.43. The average Bonchev–Trinajstić information content (AvgIpc) is 3.09. The second-order valence-corrected chi connectivity index (χ2v) is 7.43. The van der Waals surface area contributed by atoms with Gasteiger partial charge < -0.3 is 10.6 Å². The van der Waals surface area contributed by atoms with E-state index in [-0.39, 0.29) is 6.04 Å². The van der Waals surface area contributed by atoms with Crippen molar-refractivity contribution in [2.45, 2.75) is 50.7 Å². The molecule has 4 atom stereocenters. The Labute approximate surface area is 150 Å². The number of aryl methyl sites for hydroxylation is 1. The molecule has 2 heterocycles. The standard InChI is InChI=1S/C22H27N3/c1-16-20-15-14-19(13-12-17-8-4-2-5-9-17)25(20)22(23)24-21(16)18-10-6-3-7-11-18/h2-11,16,19-21H,12-15H2,1H3,(H2,23,24)/t16-,19-,20+,21-/m0/s1. The van der Waals surface area contributed by atoms with Crippen molar-refractivity contribution in [2.24, 2.45) is 16.6 Å². The molecule has 2 aliphatic heterocycles. The number of fused-ring (bicyclic) bond motifs is 1. The number of benzene rings is 2. The first-order valence-corrected chi connectivity index (χ1v) is 9.44. The van der Waals surface area contributed by atoms with Crippen molar-refractivity contribution in [3.63, 3.8) is 0 Å². The predicted molar refractivity (Wildman–Crippen MR) is 103 cm³/mol. The fourth-order valence-corrected chi connectivity index (χ4v) is 4.61. The summed E-state index contributed by atoms with van der Waals surface area (Å²) in [6, 6.07) is 22.6. The summed E-state index contributed by atoms with van der Waals surface area (Å²) in [5.41, 5.74) is 9.14. The van der Waals surface area contributed by atoms with Crippen molar-refractivity contribution in [2.75, 3.05) is 0 Å². The molecular weight excluding hydrogens is 306 g/mol. The monoisotopic (exact) mass is 333 g/mol. The van der Waals surface area contributed by atoms with Crippen LogP contribution in [0.25, 0.3) is 0 Å². The zero-order valence-corrected chi connectivity index (χ0v) is 14.9. The van der Waals surface area contributed by atoms with E-state index in [9.17, 15) is 0 Å². The van der Waals surface area contributed by atoms with Crippen molar-refractivity contribution >= 4 is 5.96 Å². The molecule has 0 radical (unpaired) electrons. The summed E-state index contributed by atoms with van der Waals surface area (Å²) in [5, 5.41) is 0. The number of guanidine groups is 1. The molecule has 0 bridgehead atoms. The van der Waals surface area contributed by atoms with Crippen molar-refractivity contribution in [3.8, 4) is 0 Å². The third-order valence-electron chi connectivity index (χ3n) is 5.94. The molecule has 0 spiro atoms. The lowest BCUT2D eigenvalue weighted by molar-refractivity contribution is 0.196. The Morgan fingerprint density at radius 1 is 1.00 bits per heavy atom. The minimum atomic E-state index is 0.190. The molecule has 4 rings (SSSR count). The van der Waals surface area contributed by atoms with Crippen LogP contribution in [0, 0.1) is 5.92 Å². The lowest BCUT2D eigenvalue weighted by Crippen LogP contribution is -2.52. The third-order valence-corrected chi connectivity index (χ3v) is 5.94. The molecule has 1 saturated heterocycles. The van der Waals surface area contributed by atoms with Gasteiger partial charge in [-0.1, -0.05) is 67.6 Å². The van der Waals surface area contributed by atoms with E-state index in [0.29, 0.717) is 18.0 Å². The van der Waals surface area contributed by atoms with Gasteiger partial charge in [0.15, 0.2) is 5.96 Å². The van der Waals surface area contributed by atoms with Gasteiger partial charge in [-0.25, -0.2) is 4.99 Å². The maximum Gasteiger partial charge on any atom is 0.192 e. The van der Waals surface area contributed by atoms with Gasteiger partial charge in [0.05, 0.1) is 6.04 Å². The van der Waals surface area contributed by atoms with Crippen LogP contribution in [0.1, 0.15) is 43.4 Å². The van der Waals surface area contributed by atoms with Crippen LogP contribution in [0.5, 0.6) is 0 Å². The van der Waals surface area contributed by atoms with E-state index < -0.39 is 0 Å². The summed E-state index contributed by atoms with van der Waals surface area (Å²) in [5.74, 6) is 1.24.